The normalized spacial score (nSPS) is 18.9. The van der Waals surface area contributed by atoms with Crippen molar-refractivity contribution in [3.63, 3.8) is 0 Å². The molecule has 0 radical (unpaired) electrons. The number of halogens is 1. The van der Waals surface area contributed by atoms with E-state index in [1.165, 1.54) is 37.7 Å². The molecule has 1 fully saturated rings. The third-order valence-electron chi connectivity index (χ3n) is 3.93. The lowest BCUT2D eigenvalue weighted by molar-refractivity contribution is 0.318. The smallest absolute Gasteiger partial charge is 0.118 e. The number of methoxy groups -OCH3 is 1. The van der Waals surface area contributed by atoms with Crippen LogP contribution in [0.4, 0.5) is 0 Å². The maximum Gasteiger partial charge on any atom is 0.118 e. The van der Waals surface area contributed by atoms with Crippen molar-refractivity contribution in [1.82, 2.24) is 0 Å². The van der Waals surface area contributed by atoms with Gasteiger partial charge in [0, 0.05) is 11.8 Å². The monoisotopic (exact) mass is 252 g/mol. The molecule has 1 aromatic carbocycles. The molecule has 0 heterocycles. The van der Waals surface area contributed by atoms with Crippen LogP contribution in [-0.2, 0) is 0 Å². The van der Waals surface area contributed by atoms with Crippen molar-refractivity contribution in [2.45, 2.75) is 38.0 Å². The summed E-state index contributed by atoms with van der Waals surface area (Å²) < 4.78 is 5.20. The van der Waals surface area contributed by atoms with E-state index in [0.29, 0.717) is 5.92 Å². The minimum absolute atomic E-state index is 0.517. The van der Waals surface area contributed by atoms with Gasteiger partial charge in [0.2, 0.25) is 0 Å². The predicted molar refractivity (Wildman–Crippen MR) is 73.0 cm³/mol. The molecule has 1 unspecified atom stereocenters. The van der Waals surface area contributed by atoms with Gasteiger partial charge in [-0.1, -0.05) is 31.4 Å². The summed E-state index contributed by atoms with van der Waals surface area (Å²) in [6.07, 6.45) is 6.81. The van der Waals surface area contributed by atoms with Crippen LogP contribution in [0.15, 0.2) is 24.3 Å². The summed E-state index contributed by atoms with van der Waals surface area (Å²) in [5.41, 5.74) is 1.37. The van der Waals surface area contributed by atoms with Gasteiger partial charge >= 0.3 is 0 Å². The lowest BCUT2D eigenvalue weighted by atomic mass is 9.78. The van der Waals surface area contributed by atoms with Gasteiger partial charge in [0.1, 0.15) is 5.75 Å². The van der Waals surface area contributed by atoms with Crippen LogP contribution in [0.25, 0.3) is 0 Å². The second-order valence-electron chi connectivity index (χ2n) is 4.93. The van der Waals surface area contributed by atoms with E-state index in [1.54, 1.807) is 7.11 Å². The second-order valence-corrected chi connectivity index (χ2v) is 5.24. The average molecular weight is 253 g/mol. The van der Waals surface area contributed by atoms with Gasteiger partial charge in [0.25, 0.3) is 0 Å². The first kappa shape index (κ1) is 12.8. The van der Waals surface area contributed by atoms with Gasteiger partial charge in [-0.3, -0.25) is 0 Å². The molecule has 17 heavy (non-hydrogen) atoms. The second kappa shape index (κ2) is 6.30. The summed E-state index contributed by atoms with van der Waals surface area (Å²) in [4.78, 5) is 0. The lowest BCUT2D eigenvalue weighted by Crippen LogP contribution is -2.17. The maximum atomic E-state index is 6.18. The van der Waals surface area contributed by atoms with E-state index in [4.69, 9.17) is 16.3 Å². The predicted octanol–water partition coefficient (Wildman–Crippen LogP) is 4.60. The van der Waals surface area contributed by atoms with Crippen molar-refractivity contribution in [1.29, 1.82) is 0 Å². The molecule has 1 saturated carbocycles. The lowest BCUT2D eigenvalue weighted by Gasteiger charge is -2.29. The number of hydrogen-bond acceptors (Lipinski definition) is 1. The van der Waals surface area contributed by atoms with Crippen LogP contribution in [0.3, 0.4) is 0 Å². The molecule has 0 aromatic heterocycles. The Morgan fingerprint density at radius 2 is 1.82 bits per heavy atom. The van der Waals surface area contributed by atoms with Gasteiger partial charge < -0.3 is 4.74 Å². The Morgan fingerprint density at radius 1 is 1.18 bits per heavy atom. The number of rotatable bonds is 4. The van der Waals surface area contributed by atoms with Crippen molar-refractivity contribution < 1.29 is 4.74 Å². The van der Waals surface area contributed by atoms with Crippen molar-refractivity contribution in [3.05, 3.63) is 29.8 Å². The largest absolute Gasteiger partial charge is 0.497 e. The quantitative estimate of drug-likeness (QED) is 0.712. The van der Waals surface area contributed by atoms with E-state index in [0.717, 1.165) is 17.5 Å². The van der Waals surface area contributed by atoms with Crippen LogP contribution in [-0.4, -0.2) is 13.0 Å². The SMILES string of the molecule is COc1ccc(C(CCl)C2CCCCC2)cc1. The fourth-order valence-corrected chi connectivity index (χ4v) is 3.31. The summed E-state index contributed by atoms with van der Waals surface area (Å²) >= 11 is 6.18. The fraction of sp³-hybridized carbons (Fsp3) is 0.600. The molecule has 2 heteroatoms. The van der Waals surface area contributed by atoms with Crippen molar-refractivity contribution in [2.75, 3.05) is 13.0 Å². The summed E-state index contributed by atoms with van der Waals surface area (Å²) in [6, 6.07) is 8.41. The molecule has 0 bridgehead atoms. The molecule has 0 amide bonds. The Bertz CT molecular complexity index is 327. The molecule has 1 nitrogen and oxygen atoms in total. The van der Waals surface area contributed by atoms with Crippen LogP contribution >= 0.6 is 11.6 Å². The van der Waals surface area contributed by atoms with Gasteiger partial charge in [-0.05, 0) is 36.5 Å². The highest BCUT2D eigenvalue weighted by Crippen LogP contribution is 2.37. The molecular weight excluding hydrogens is 232 g/mol. The molecule has 1 aromatic rings. The Kier molecular flexibility index (Phi) is 4.73. The van der Waals surface area contributed by atoms with Gasteiger partial charge in [-0.15, -0.1) is 11.6 Å². The van der Waals surface area contributed by atoms with Crippen LogP contribution in [0.2, 0.25) is 0 Å². The summed E-state index contributed by atoms with van der Waals surface area (Å²) in [7, 11) is 1.70. The molecule has 0 saturated heterocycles. The maximum absolute atomic E-state index is 6.18. The molecule has 1 aliphatic rings. The summed E-state index contributed by atoms with van der Waals surface area (Å²) in [5.74, 6) is 2.94. The third kappa shape index (κ3) is 3.16. The van der Waals surface area contributed by atoms with Crippen molar-refractivity contribution >= 4 is 11.6 Å². The van der Waals surface area contributed by atoms with Crippen LogP contribution in [0.1, 0.15) is 43.6 Å². The first-order valence-corrected chi connectivity index (χ1v) is 7.08. The Morgan fingerprint density at radius 3 is 2.35 bits per heavy atom. The van der Waals surface area contributed by atoms with E-state index in [-0.39, 0.29) is 0 Å². The summed E-state index contributed by atoms with van der Waals surface area (Å²) in [6.45, 7) is 0. The van der Waals surface area contributed by atoms with Crippen LogP contribution in [0.5, 0.6) is 5.75 Å². The first-order valence-electron chi connectivity index (χ1n) is 6.55. The van der Waals surface area contributed by atoms with E-state index >= 15 is 0 Å². The Labute approximate surface area is 109 Å². The molecule has 94 valence electrons. The molecule has 2 rings (SSSR count). The zero-order valence-corrected chi connectivity index (χ0v) is 11.2. The number of alkyl halides is 1. The molecule has 0 aliphatic heterocycles. The molecule has 1 aliphatic carbocycles. The number of benzene rings is 1. The van der Waals surface area contributed by atoms with Crippen LogP contribution in [0, 0.1) is 5.92 Å². The topological polar surface area (TPSA) is 9.23 Å². The molecule has 0 N–H and O–H groups in total. The fourth-order valence-electron chi connectivity index (χ4n) is 2.87. The van der Waals surface area contributed by atoms with E-state index in [9.17, 15) is 0 Å². The standard InChI is InChI=1S/C15H21ClO/c1-17-14-9-7-13(8-10-14)15(11-16)12-5-3-2-4-6-12/h7-10,12,15H,2-6,11H2,1H3. The van der Waals surface area contributed by atoms with E-state index in [2.05, 4.69) is 12.1 Å². The van der Waals surface area contributed by atoms with Gasteiger partial charge in [-0.25, -0.2) is 0 Å². The highest BCUT2D eigenvalue weighted by Gasteiger charge is 2.24. The minimum Gasteiger partial charge on any atom is -0.497 e. The zero-order valence-electron chi connectivity index (χ0n) is 10.5. The number of hydrogen-bond donors (Lipinski definition) is 0. The highest BCUT2D eigenvalue weighted by molar-refractivity contribution is 6.18. The van der Waals surface area contributed by atoms with E-state index < -0.39 is 0 Å². The van der Waals surface area contributed by atoms with Crippen molar-refractivity contribution in [2.24, 2.45) is 5.92 Å². The Balaban J connectivity index is 2.10. The van der Waals surface area contributed by atoms with Gasteiger partial charge in [0.05, 0.1) is 7.11 Å². The average Bonchev–Trinajstić information content (AvgIpc) is 2.42. The molecule has 0 spiro atoms. The van der Waals surface area contributed by atoms with Crippen LogP contribution < -0.4 is 4.74 Å². The van der Waals surface area contributed by atoms with Gasteiger partial charge in [0.15, 0.2) is 0 Å². The highest BCUT2D eigenvalue weighted by atomic mass is 35.5. The van der Waals surface area contributed by atoms with Gasteiger partial charge in [-0.2, -0.15) is 0 Å². The van der Waals surface area contributed by atoms with E-state index in [1.807, 2.05) is 12.1 Å². The summed E-state index contributed by atoms with van der Waals surface area (Å²) in [5, 5.41) is 0. The first-order chi connectivity index (χ1) is 8.35. The minimum atomic E-state index is 0.517. The molecular formula is C15H21ClO. The molecule has 1 atom stereocenters. The third-order valence-corrected chi connectivity index (χ3v) is 4.26. The number of ether oxygens (including phenoxy) is 1. The van der Waals surface area contributed by atoms with Crippen molar-refractivity contribution in [3.8, 4) is 5.75 Å². The Hall–Kier alpha value is -0.690. The zero-order chi connectivity index (χ0) is 12.1.